The third-order valence-electron chi connectivity index (χ3n) is 4.16. The minimum atomic E-state index is -3.10. The Hall–Kier alpha value is -2.55. The normalized spacial score (nSPS) is 21.6. The van der Waals surface area contributed by atoms with Crippen LogP contribution in [0.4, 0.5) is 13.6 Å². The standard InChI is InChI=1S/C18H20F2N2O5/c1-17(2,3)27-16(25)21-10-18(19,20)8-11(21)9-26-22-14(23)12-6-4-5-7-13(12)15(22)24/h4-7,11H,8-10H2,1-3H3/t11-/m0/s1. The van der Waals surface area contributed by atoms with Gasteiger partial charge in [-0.05, 0) is 32.9 Å². The first kappa shape index (κ1) is 19.2. The number of amides is 3. The van der Waals surface area contributed by atoms with Crippen molar-refractivity contribution >= 4 is 17.9 Å². The van der Waals surface area contributed by atoms with Crippen LogP contribution in [0.2, 0.25) is 0 Å². The molecule has 1 aromatic rings. The molecule has 27 heavy (non-hydrogen) atoms. The van der Waals surface area contributed by atoms with E-state index in [4.69, 9.17) is 9.57 Å². The zero-order chi connectivity index (χ0) is 20.0. The predicted octanol–water partition coefficient (Wildman–Crippen LogP) is 2.86. The van der Waals surface area contributed by atoms with Crippen molar-refractivity contribution in [2.45, 2.75) is 44.8 Å². The van der Waals surface area contributed by atoms with E-state index in [9.17, 15) is 23.2 Å². The third-order valence-corrected chi connectivity index (χ3v) is 4.16. The second kappa shape index (κ2) is 6.56. The highest BCUT2D eigenvalue weighted by Crippen LogP contribution is 2.34. The number of fused-ring (bicyclic) bond motifs is 1. The number of nitrogens with zero attached hydrogens (tertiary/aromatic N) is 2. The van der Waals surface area contributed by atoms with Crippen LogP contribution in [0.1, 0.15) is 47.9 Å². The number of halogens is 2. The smallest absolute Gasteiger partial charge is 0.410 e. The van der Waals surface area contributed by atoms with E-state index in [2.05, 4.69) is 0 Å². The molecule has 1 atom stereocenters. The highest BCUT2D eigenvalue weighted by atomic mass is 19.3. The lowest BCUT2D eigenvalue weighted by Crippen LogP contribution is -2.43. The van der Waals surface area contributed by atoms with Gasteiger partial charge in [0.2, 0.25) is 0 Å². The molecule has 0 spiro atoms. The van der Waals surface area contributed by atoms with E-state index in [1.165, 1.54) is 12.1 Å². The molecule has 146 valence electrons. The fraction of sp³-hybridized carbons (Fsp3) is 0.500. The number of alkyl halides is 2. The van der Waals surface area contributed by atoms with Crippen molar-refractivity contribution in [2.75, 3.05) is 13.2 Å². The van der Waals surface area contributed by atoms with E-state index in [1.807, 2.05) is 0 Å². The van der Waals surface area contributed by atoms with Crippen LogP contribution in [0.3, 0.4) is 0 Å². The van der Waals surface area contributed by atoms with Crippen LogP contribution in [-0.2, 0) is 9.57 Å². The molecule has 0 aliphatic carbocycles. The van der Waals surface area contributed by atoms with Gasteiger partial charge in [0.25, 0.3) is 17.7 Å². The van der Waals surface area contributed by atoms with Crippen LogP contribution in [0.25, 0.3) is 0 Å². The van der Waals surface area contributed by atoms with Gasteiger partial charge >= 0.3 is 6.09 Å². The van der Waals surface area contributed by atoms with Crippen molar-refractivity contribution in [3.05, 3.63) is 35.4 Å². The van der Waals surface area contributed by atoms with E-state index in [-0.39, 0.29) is 11.1 Å². The van der Waals surface area contributed by atoms with E-state index >= 15 is 0 Å². The Morgan fingerprint density at radius 3 is 2.26 bits per heavy atom. The number of carbonyl (C=O) groups excluding carboxylic acids is 3. The fourth-order valence-electron chi connectivity index (χ4n) is 3.03. The quantitative estimate of drug-likeness (QED) is 0.752. The monoisotopic (exact) mass is 382 g/mol. The van der Waals surface area contributed by atoms with Crippen molar-refractivity contribution in [1.29, 1.82) is 0 Å². The van der Waals surface area contributed by atoms with Gasteiger partial charge in [-0.25, -0.2) is 13.6 Å². The molecule has 0 unspecified atom stereocenters. The number of hydrogen-bond donors (Lipinski definition) is 0. The largest absolute Gasteiger partial charge is 0.444 e. The SMILES string of the molecule is CC(C)(C)OC(=O)N1CC(F)(F)C[C@H]1CON1C(=O)c2ccccc2C1=O. The van der Waals surface area contributed by atoms with Gasteiger partial charge in [0.05, 0.1) is 30.3 Å². The number of rotatable bonds is 3. The van der Waals surface area contributed by atoms with Crippen LogP contribution >= 0.6 is 0 Å². The average molecular weight is 382 g/mol. The van der Waals surface area contributed by atoms with E-state index in [0.29, 0.717) is 5.06 Å². The number of imide groups is 1. The molecule has 3 rings (SSSR count). The molecular weight excluding hydrogens is 362 g/mol. The number of ether oxygens (including phenoxy) is 1. The van der Waals surface area contributed by atoms with Crippen molar-refractivity contribution in [1.82, 2.24) is 9.96 Å². The molecule has 0 N–H and O–H groups in total. The number of benzene rings is 1. The van der Waals surface area contributed by atoms with E-state index in [1.54, 1.807) is 32.9 Å². The summed E-state index contributed by atoms with van der Waals surface area (Å²) >= 11 is 0. The summed E-state index contributed by atoms with van der Waals surface area (Å²) in [6.45, 7) is 3.65. The highest BCUT2D eigenvalue weighted by molar-refractivity contribution is 6.20. The van der Waals surface area contributed by atoms with E-state index < -0.39 is 55.0 Å². The van der Waals surface area contributed by atoms with Crippen molar-refractivity contribution in [3.63, 3.8) is 0 Å². The minimum absolute atomic E-state index is 0.184. The van der Waals surface area contributed by atoms with Crippen LogP contribution in [-0.4, -0.2) is 58.6 Å². The molecule has 0 radical (unpaired) electrons. The molecule has 7 nitrogen and oxygen atoms in total. The molecule has 0 aromatic heterocycles. The summed E-state index contributed by atoms with van der Waals surface area (Å²) in [7, 11) is 0. The molecule has 2 aliphatic heterocycles. The summed E-state index contributed by atoms with van der Waals surface area (Å²) in [6.07, 6.45) is -1.54. The topological polar surface area (TPSA) is 76.2 Å². The molecule has 0 saturated carbocycles. The third kappa shape index (κ3) is 3.92. The van der Waals surface area contributed by atoms with Gasteiger partial charge in [-0.3, -0.25) is 19.3 Å². The zero-order valence-corrected chi connectivity index (χ0v) is 15.2. The van der Waals surface area contributed by atoms with Crippen LogP contribution < -0.4 is 0 Å². The summed E-state index contributed by atoms with van der Waals surface area (Å²) in [5.74, 6) is -4.43. The number of likely N-dealkylation sites (tertiary alicyclic amines) is 1. The average Bonchev–Trinajstić information content (AvgIpc) is 2.99. The van der Waals surface area contributed by atoms with Gasteiger partial charge in [-0.15, -0.1) is 5.06 Å². The van der Waals surface area contributed by atoms with Crippen LogP contribution in [0.5, 0.6) is 0 Å². The Morgan fingerprint density at radius 1 is 1.19 bits per heavy atom. The maximum Gasteiger partial charge on any atom is 0.410 e. The summed E-state index contributed by atoms with van der Waals surface area (Å²) in [5, 5.41) is 0.550. The zero-order valence-electron chi connectivity index (χ0n) is 15.2. The first-order valence-electron chi connectivity index (χ1n) is 8.47. The lowest BCUT2D eigenvalue weighted by Gasteiger charge is -2.28. The highest BCUT2D eigenvalue weighted by Gasteiger charge is 2.49. The lowest BCUT2D eigenvalue weighted by molar-refractivity contribution is -0.105. The summed E-state index contributed by atoms with van der Waals surface area (Å²) in [4.78, 5) is 42.9. The second-order valence-electron chi connectivity index (χ2n) is 7.57. The van der Waals surface area contributed by atoms with Crippen molar-refractivity contribution in [2.24, 2.45) is 0 Å². The molecule has 2 aliphatic rings. The van der Waals surface area contributed by atoms with Gasteiger partial charge in [0, 0.05) is 6.42 Å². The fourth-order valence-corrected chi connectivity index (χ4v) is 3.03. The minimum Gasteiger partial charge on any atom is -0.444 e. The van der Waals surface area contributed by atoms with Gasteiger partial charge in [-0.2, -0.15) is 0 Å². The lowest BCUT2D eigenvalue weighted by atomic mass is 10.1. The van der Waals surface area contributed by atoms with E-state index in [0.717, 1.165) is 4.90 Å². The molecule has 2 heterocycles. The van der Waals surface area contributed by atoms with Gasteiger partial charge in [0.15, 0.2) is 0 Å². The Balaban J connectivity index is 1.70. The Labute approximate surface area is 154 Å². The molecule has 9 heteroatoms. The molecule has 1 fully saturated rings. The molecule has 0 bridgehead atoms. The maximum absolute atomic E-state index is 13.9. The summed E-state index contributed by atoms with van der Waals surface area (Å²) in [5.41, 5.74) is -0.477. The number of carbonyl (C=O) groups is 3. The Morgan fingerprint density at radius 2 is 1.74 bits per heavy atom. The van der Waals surface area contributed by atoms with Crippen molar-refractivity contribution in [3.8, 4) is 0 Å². The number of hydrogen-bond acceptors (Lipinski definition) is 5. The molecular formula is C18H20F2N2O5. The van der Waals surface area contributed by atoms with Crippen LogP contribution in [0.15, 0.2) is 24.3 Å². The molecule has 3 amide bonds. The Kier molecular flexibility index (Phi) is 4.67. The molecule has 1 aromatic carbocycles. The first-order chi connectivity index (χ1) is 12.5. The van der Waals surface area contributed by atoms with Crippen molar-refractivity contribution < 1.29 is 32.7 Å². The van der Waals surface area contributed by atoms with Crippen LogP contribution in [0, 0.1) is 0 Å². The Bertz CT molecular complexity index is 755. The van der Waals surface area contributed by atoms with Gasteiger partial charge in [0.1, 0.15) is 5.60 Å². The van der Waals surface area contributed by atoms with Gasteiger partial charge < -0.3 is 4.74 Å². The number of hydroxylamine groups is 2. The summed E-state index contributed by atoms with van der Waals surface area (Å²) < 4.78 is 32.9. The maximum atomic E-state index is 13.9. The van der Waals surface area contributed by atoms with Gasteiger partial charge in [-0.1, -0.05) is 12.1 Å². The summed E-state index contributed by atoms with van der Waals surface area (Å²) in [6, 6.07) is 5.15. The first-order valence-corrected chi connectivity index (χ1v) is 8.47. The second-order valence-corrected chi connectivity index (χ2v) is 7.57. The molecule has 1 saturated heterocycles. The predicted molar refractivity (Wildman–Crippen MR) is 89.2 cm³/mol.